The molecule has 4 rings (SSSR count). The first kappa shape index (κ1) is 23.2. The zero-order valence-corrected chi connectivity index (χ0v) is 19.9. The van der Waals surface area contributed by atoms with E-state index in [9.17, 15) is 13.2 Å². The van der Waals surface area contributed by atoms with Gasteiger partial charge in [-0.05, 0) is 55.5 Å². The molecule has 2 aromatic carbocycles. The standard InChI is InChI=1S/C22H25N5O4S2/c1-16-20(21(28)27(25(16)2)18-6-4-3-5-7-18)24-22(32)23-17-8-10-19(11-9-17)33(29,30)26-12-14-31-15-13-26/h3-11H,12-15H2,1-2H3,(H2,23,24,32). The first-order valence-corrected chi connectivity index (χ1v) is 12.2. The van der Waals surface area contributed by atoms with Crippen molar-refractivity contribution in [2.45, 2.75) is 11.8 Å². The first-order valence-electron chi connectivity index (χ1n) is 10.4. The zero-order valence-electron chi connectivity index (χ0n) is 18.3. The van der Waals surface area contributed by atoms with E-state index < -0.39 is 10.0 Å². The number of para-hydroxylation sites is 1. The molecule has 0 bridgehead atoms. The predicted molar refractivity (Wildman–Crippen MR) is 132 cm³/mol. The molecule has 0 atom stereocenters. The quantitative estimate of drug-likeness (QED) is 0.533. The molecule has 0 saturated carbocycles. The van der Waals surface area contributed by atoms with Crippen LogP contribution < -0.4 is 16.2 Å². The number of morpholine rings is 1. The zero-order chi connectivity index (χ0) is 23.6. The molecule has 33 heavy (non-hydrogen) atoms. The van der Waals surface area contributed by atoms with E-state index in [2.05, 4.69) is 10.6 Å². The van der Waals surface area contributed by atoms with E-state index in [1.165, 1.54) is 16.4 Å². The normalized spacial score (nSPS) is 14.7. The Kier molecular flexibility index (Phi) is 6.66. The van der Waals surface area contributed by atoms with Crippen LogP contribution in [0.5, 0.6) is 0 Å². The summed E-state index contributed by atoms with van der Waals surface area (Å²) in [6.45, 7) is 3.30. The Morgan fingerprint density at radius 1 is 1.00 bits per heavy atom. The van der Waals surface area contributed by atoms with E-state index in [0.717, 1.165) is 11.4 Å². The number of thiocarbonyl (C=S) groups is 1. The van der Waals surface area contributed by atoms with Crippen molar-refractivity contribution < 1.29 is 13.2 Å². The molecule has 1 saturated heterocycles. The maximum Gasteiger partial charge on any atom is 0.295 e. The summed E-state index contributed by atoms with van der Waals surface area (Å²) in [5.41, 5.74) is 2.21. The molecule has 0 radical (unpaired) electrons. The summed E-state index contributed by atoms with van der Waals surface area (Å²) >= 11 is 5.40. The number of ether oxygens (including phenoxy) is 1. The Morgan fingerprint density at radius 3 is 2.27 bits per heavy atom. The van der Waals surface area contributed by atoms with E-state index in [1.807, 2.05) is 37.3 Å². The summed E-state index contributed by atoms with van der Waals surface area (Å²) in [4.78, 5) is 13.2. The van der Waals surface area contributed by atoms with Crippen LogP contribution in [-0.2, 0) is 21.8 Å². The summed E-state index contributed by atoms with van der Waals surface area (Å²) in [6.07, 6.45) is 0. The fraction of sp³-hybridized carbons (Fsp3) is 0.273. The molecule has 0 spiro atoms. The lowest BCUT2D eigenvalue weighted by molar-refractivity contribution is 0.0730. The van der Waals surface area contributed by atoms with Gasteiger partial charge in [-0.2, -0.15) is 4.31 Å². The molecule has 9 nitrogen and oxygen atoms in total. The van der Waals surface area contributed by atoms with Gasteiger partial charge < -0.3 is 15.4 Å². The molecule has 3 aromatic rings. The Bertz CT molecular complexity index is 1310. The Morgan fingerprint density at radius 2 is 1.64 bits per heavy atom. The van der Waals surface area contributed by atoms with Crippen molar-refractivity contribution >= 4 is 38.7 Å². The average Bonchev–Trinajstić information content (AvgIpc) is 3.03. The van der Waals surface area contributed by atoms with Gasteiger partial charge in [-0.3, -0.25) is 9.48 Å². The second-order valence-electron chi connectivity index (χ2n) is 7.56. The molecule has 0 unspecified atom stereocenters. The summed E-state index contributed by atoms with van der Waals surface area (Å²) in [5.74, 6) is 0. The average molecular weight is 488 g/mol. The van der Waals surface area contributed by atoms with Gasteiger partial charge in [-0.25, -0.2) is 13.1 Å². The van der Waals surface area contributed by atoms with Crippen molar-refractivity contribution in [2.75, 3.05) is 36.9 Å². The highest BCUT2D eigenvalue weighted by molar-refractivity contribution is 7.89. The van der Waals surface area contributed by atoms with Crippen molar-refractivity contribution in [1.82, 2.24) is 13.7 Å². The van der Waals surface area contributed by atoms with Gasteiger partial charge in [0.25, 0.3) is 5.56 Å². The molecular formula is C22H25N5O4S2. The predicted octanol–water partition coefficient (Wildman–Crippen LogP) is 2.31. The van der Waals surface area contributed by atoms with Gasteiger partial charge in [0.15, 0.2) is 5.11 Å². The van der Waals surface area contributed by atoms with E-state index >= 15 is 0 Å². The minimum Gasteiger partial charge on any atom is -0.379 e. The number of sulfonamides is 1. The second-order valence-corrected chi connectivity index (χ2v) is 9.90. The van der Waals surface area contributed by atoms with Gasteiger partial charge in [0, 0.05) is 25.8 Å². The minimum absolute atomic E-state index is 0.207. The Hall–Kier alpha value is -2.99. The Labute approximate surface area is 197 Å². The molecule has 1 aliphatic rings. The maximum absolute atomic E-state index is 13.0. The first-order chi connectivity index (χ1) is 15.8. The maximum atomic E-state index is 13.0. The molecule has 174 valence electrons. The van der Waals surface area contributed by atoms with Crippen LogP contribution in [0.15, 0.2) is 64.3 Å². The topological polar surface area (TPSA) is 97.6 Å². The van der Waals surface area contributed by atoms with Crippen LogP contribution in [0.3, 0.4) is 0 Å². The van der Waals surface area contributed by atoms with Crippen molar-refractivity contribution in [3.63, 3.8) is 0 Å². The molecular weight excluding hydrogens is 462 g/mol. The minimum atomic E-state index is -3.57. The highest BCUT2D eigenvalue weighted by Crippen LogP contribution is 2.20. The van der Waals surface area contributed by atoms with Gasteiger partial charge >= 0.3 is 0 Å². The summed E-state index contributed by atoms with van der Waals surface area (Å²) in [6, 6.07) is 15.7. The van der Waals surface area contributed by atoms with Crippen molar-refractivity contribution in [1.29, 1.82) is 0 Å². The largest absolute Gasteiger partial charge is 0.379 e. The van der Waals surface area contributed by atoms with Gasteiger partial charge in [-0.1, -0.05) is 18.2 Å². The fourth-order valence-corrected chi connectivity index (χ4v) is 5.26. The molecule has 2 N–H and O–H groups in total. The van der Waals surface area contributed by atoms with E-state index in [-0.39, 0.29) is 15.6 Å². The second kappa shape index (κ2) is 9.48. The molecule has 11 heteroatoms. The summed E-state index contributed by atoms with van der Waals surface area (Å²) < 4.78 is 35.5. The lowest BCUT2D eigenvalue weighted by Gasteiger charge is -2.26. The molecule has 0 aliphatic carbocycles. The molecule has 0 amide bonds. The van der Waals surface area contributed by atoms with Gasteiger partial charge in [0.05, 0.1) is 29.5 Å². The van der Waals surface area contributed by atoms with Gasteiger partial charge in [-0.15, -0.1) is 0 Å². The van der Waals surface area contributed by atoms with Crippen LogP contribution >= 0.6 is 12.2 Å². The number of anilines is 2. The number of benzene rings is 2. The van der Waals surface area contributed by atoms with E-state index in [0.29, 0.717) is 37.7 Å². The number of nitrogens with zero attached hydrogens (tertiary/aromatic N) is 3. The van der Waals surface area contributed by atoms with Crippen LogP contribution in [0.2, 0.25) is 0 Å². The van der Waals surface area contributed by atoms with Gasteiger partial charge in [0.2, 0.25) is 10.0 Å². The molecule has 2 heterocycles. The monoisotopic (exact) mass is 487 g/mol. The van der Waals surface area contributed by atoms with Crippen LogP contribution in [0.4, 0.5) is 11.4 Å². The van der Waals surface area contributed by atoms with Crippen molar-refractivity contribution in [3.05, 3.63) is 70.6 Å². The number of hydrogen-bond acceptors (Lipinski definition) is 5. The van der Waals surface area contributed by atoms with Crippen molar-refractivity contribution in [2.24, 2.45) is 7.05 Å². The van der Waals surface area contributed by atoms with E-state index in [4.69, 9.17) is 17.0 Å². The number of aromatic nitrogens is 2. The summed E-state index contributed by atoms with van der Waals surface area (Å²) in [5, 5.41) is 6.21. The third-order valence-corrected chi connectivity index (χ3v) is 7.63. The fourth-order valence-electron chi connectivity index (χ4n) is 3.63. The molecule has 1 aliphatic heterocycles. The number of rotatable bonds is 5. The van der Waals surface area contributed by atoms with Crippen LogP contribution in [0.25, 0.3) is 5.69 Å². The lowest BCUT2D eigenvalue weighted by atomic mass is 10.3. The molecule has 1 aromatic heterocycles. The Balaban J connectivity index is 1.48. The number of hydrogen-bond donors (Lipinski definition) is 2. The smallest absolute Gasteiger partial charge is 0.295 e. The molecule has 1 fully saturated rings. The highest BCUT2D eigenvalue weighted by Gasteiger charge is 2.26. The van der Waals surface area contributed by atoms with E-state index in [1.54, 1.807) is 28.5 Å². The van der Waals surface area contributed by atoms with Crippen molar-refractivity contribution in [3.8, 4) is 5.69 Å². The lowest BCUT2D eigenvalue weighted by Crippen LogP contribution is -2.40. The van der Waals surface area contributed by atoms with Gasteiger partial charge in [0.1, 0.15) is 5.69 Å². The number of nitrogens with one attached hydrogen (secondary N) is 2. The third kappa shape index (κ3) is 4.71. The SMILES string of the molecule is Cc1c(NC(=S)Nc2ccc(S(=O)(=O)N3CCOCC3)cc2)c(=O)n(-c2ccccc2)n1C. The van der Waals surface area contributed by atoms with Crippen LogP contribution in [0, 0.1) is 6.92 Å². The highest BCUT2D eigenvalue weighted by atomic mass is 32.2. The van der Waals surface area contributed by atoms with Crippen LogP contribution in [0.1, 0.15) is 5.69 Å². The van der Waals surface area contributed by atoms with Crippen LogP contribution in [-0.4, -0.2) is 53.5 Å². The summed E-state index contributed by atoms with van der Waals surface area (Å²) in [7, 11) is -1.76. The third-order valence-electron chi connectivity index (χ3n) is 5.51.